The number of Topliss-reactive ketones (excluding diaryl/α,β-unsaturated/α-hetero) is 1. The lowest BCUT2D eigenvalue weighted by Gasteiger charge is -2.03. The fraction of sp³-hybridized carbons (Fsp3) is 0.385. The van der Waals surface area contributed by atoms with Gasteiger partial charge in [-0.2, -0.15) is 0 Å². The van der Waals surface area contributed by atoms with Crippen LogP contribution in [0.3, 0.4) is 0 Å². The number of hydrogen-bond acceptors (Lipinski definition) is 2. The molecule has 1 aromatic rings. The third kappa shape index (κ3) is 4.54. The van der Waals surface area contributed by atoms with Gasteiger partial charge in [0.25, 0.3) is 0 Å². The van der Waals surface area contributed by atoms with E-state index in [9.17, 15) is 4.79 Å². The molecule has 0 saturated carbocycles. The van der Waals surface area contributed by atoms with Crippen molar-refractivity contribution in [3.05, 3.63) is 42.2 Å². The van der Waals surface area contributed by atoms with Crippen molar-refractivity contribution in [2.45, 2.75) is 27.7 Å². The summed E-state index contributed by atoms with van der Waals surface area (Å²) in [6, 6.07) is 5.36. The van der Waals surface area contributed by atoms with Crippen LogP contribution in [0.15, 0.2) is 36.5 Å². The number of aromatic nitrogens is 1. The van der Waals surface area contributed by atoms with Crippen LogP contribution in [-0.2, 0) is 0 Å². The summed E-state index contributed by atoms with van der Waals surface area (Å²) in [7, 11) is 0. The normalized spacial score (nSPS) is 11.7. The van der Waals surface area contributed by atoms with E-state index in [2.05, 4.69) is 4.98 Å². The maximum atomic E-state index is 11.6. The Bertz CT molecular complexity index is 304. The fourth-order valence-corrected chi connectivity index (χ4v) is 1.12. The maximum Gasteiger partial charge on any atom is 0.187 e. The average molecular weight is 205 g/mol. The topological polar surface area (TPSA) is 30.0 Å². The van der Waals surface area contributed by atoms with Gasteiger partial charge in [0.05, 0.1) is 0 Å². The highest BCUT2D eigenvalue weighted by Gasteiger charge is 2.12. The molecule has 0 amide bonds. The number of ketones is 1. The zero-order valence-corrected chi connectivity index (χ0v) is 9.90. The van der Waals surface area contributed by atoms with E-state index in [1.165, 1.54) is 0 Å². The lowest BCUT2D eigenvalue weighted by atomic mass is 10.0. The predicted molar refractivity (Wildman–Crippen MR) is 63.9 cm³/mol. The molecule has 0 saturated heterocycles. The first-order chi connectivity index (χ1) is 7.25. The monoisotopic (exact) mass is 205 g/mol. The second-order valence-electron chi connectivity index (χ2n) is 2.89. The van der Waals surface area contributed by atoms with Crippen molar-refractivity contribution in [3.63, 3.8) is 0 Å². The molecule has 0 spiro atoms. The Morgan fingerprint density at radius 2 is 2.07 bits per heavy atom. The maximum absolute atomic E-state index is 11.6. The summed E-state index contributed by atoms with van der Waals surface area (Å²) < 4.78 is 0. The zero-order chi connectivity index (χ0) is 11.7. The van der Waals surface area contributed by atoms with Crippen LogP contribution in [0.5, 0.6) is 0 Å². The van der Waals surface area contributed by atoms with E-state index in [0.717, 1.165) is 0 Å². The molecule has 15 heavy (non-hydrogen) atoms. The SMILES string of the molecule is C/C=C/[C@H](C)C(=O)c1ccccn1.CC. The van der Waals surface area contributed by atoms with Crippen molar-refractivity contribution < 1.29 is 4.79 Å². The largest absolute Gasteiger partial charge is 0.292 e. The van der Waals surface area contributed by atoms with Crippen LogP contribution in [-0.4, -0.2) is 10.8 Å². The lowest BCUT2D eigenvalue weighted by Crippen LogP contribution is -2.10. The van der Waals surface area contributed by atoms with Gasteiger partial charge in [-0.05, 0) is 19.1 Å². The second-order valence-corrected chi connectivity index (χ2v) is 2.89. The second kappa shape index (κ2) is 7.92. The first-order valence-corrected chi connectivity index (χ1v) is 5.33. The van der Waals surface area contributed by atoms with Gasteiger partial charge in [0.1, 0.15) is 5.69 Å². The lowest BCUT2D eigenvalue weighted by molar-refractivity contribution is 0.0948. The Labute approximate surface area is 92.0 Å². The Hall–Kier alpha value is -1.44. The highest BCUT2D eigenvalue weighted by molar-refractivity contribution is 5.96. The summed E-state index contributed by atoms with van der Waals surface area (Å²) in [5, 5.41) is 0. The van der Waals surface area contributed by atoms with Crippen LogP contribution in [0.1, 0.15) is 38.2 Å². The highest BCUT2D eigenvalue weighted by atomic mass is 16.1. The predicted octanol–water partition coefficient (Wildman–Crippen LogP) is 3.50. The molecule has 1 heterocycles. The first kappa shape index (κ1) is 13.6. The minimum atomic E-state index is -0.0834. The molecule has 0 aromatic carbocycles. The number of pyridine rings is 1. The van der Waals surface area contributed by atoms with Crippen LogP contribution < -0.4 is 0 Å². The molecule has 0 aliphatic rings. The van der Waals surface area contributed by atoms with E-state index >= 15 is 0 Å². The molecule has 0 aliphatic carbocycles. The molecule has 0 bridgehead atoms. The molecule has 0 unspecified atom stereocenters. The van der Waals surface area contributed by atoms with Gasteiger partial charge in [-0.25, -0.2) is 0 Å². The first-order valence-electron chi connectivity index (χ1n) is 5.33. The van der Waals surface area contributed by atoms with E-state index in [4.69, 9.17) is 0 Å². The summed E-state index contributed by atoms with van der Waals surface area (Å²) in [4.78, 5) is 15.6. The molecular weight excluding hydrogens is 186 g/mol. The van der Waals surface area contributed by atoms with Crippen molar-refractivity contribution in [1.29, 1.82) is 0 Å². The van der Waals surface area contributed by atoms with Crippen molar-refractivity contribution in [2.75, 3.05) is 0 Å². The van der Waals surface area contributed by atoms with Crippen molar-refractivity contribution >= 4 is 5.78 Å². The van der Waals surface area contributed by atoms with Gasteiger partial charge in [0, 0.05) is 12.1 Å². The highest BCUT2D eigenvalue weighted by Crippen LogP contribution is 2.06. The van der Waals surface area contributed by atoms with E-state index in [-0.39, 0.29) is 11.7 Å². The van der Waals surface area contributed by atoms with Crippen molar-refractivity contribution in [2.24, 2.45) is 5.92 Å². The van der Waals surface area contributed by atoms with Crippen LogP contribution in [0, 0.1) is 5.92 Å². The van der Waals surface area contributed by atoms with Gasteiger partial charge in [0.15, 0.2) is 5.78 Å². The van der Waals surface area contributed by atoms with Crippen LogP contribution >= 0.6 is 0 Å². The average Bonchev–Trinajstić information content (AvgIpc) is 2.32. The number of rotatable bonds is 3. The standard InChI is InChI=1S/C11H13NO.C2H6/c1-3-6-9(2)11(13)10-7-4-5-8-12-10;1-2/h3-9H,1-2H3;1-2H3/b6-3+;/t9-;/m0./s1. The minimum absolute atomic E-state index is 0.0682. The molecule has 0 fully saturated rings. The smallest absolute Gasteiger partial charge is 0.187 e. The molecule has 0 aliphatic heterocycles. The Kier molecular flexibility index (Phi) is 7.16. The molecule has 0 N–H and O–H groups in total. The Morgan fingerprint density at radius 3 is 2.53 bits per heavy atom. The van der Waals surface area contributed by atoms with Crippen molar-refractivity contribution in [1.82, 2.24) is 4.98 Å². The third-order valence-corrected chi connectivity index (χ3v) is 1.81. The molecule has 1 rings (SSSR count). The number of carbonyl (C=O) groups is 1. The number of nitrogens with zero attached hydrogens (tertiary/aromatic N) is 1. The molecule has 2 heteroatoms. The molecule has 1 aromatic heterocycles. The Balaban J connectivity index is 0.000000921. The molecular formula is C13H19NO. The number of carbonyl (C=O) groups excluding carboxylic acids is 1. The summed E-state index contributed by atoms with van der Waals surface area (Å²) >= 11 is 0. The van der Waals surface area contributed by atoms with Crippen LogP contribution in [0.25, 0.3) is 0 Å². The van der Waals surface area contributed by atoms with Gasteiger partial charge >= 0.3 is 0 Å². The van der Waals surface area contributed by atoms with Gasteiger partial charge in [0.2, 0.25) is 0 Å². The van der Waals surface area contributed by atoms with Crippen LogP contribution in [0.2, 0.25) is 0 Å². The van der Waals surface area contributed by atoms with Crippen LogP contribution in [0.4, 0.5) is 0 Å². The van der Waals surface area contributed by atoms with E-state index in [1.54, 1.807) is 18.3 Å². The molecule has 1 atom stereocenters. The third-order valence-electron chi connectivity index (χ3n) is 1.81. The van der Waals surface area contributed by atoms with Gasteiger partial charge in [-0.3, -0.25) is 9.78 Å². The van der Waals surface area contributed by atoms with Gasteiger partial charge in [-0.1, -0.05) is 39.0 Å². The molecule has 82 valence electrons. The number of hydrogen-bond donors (Lipinski definition) is 0. The zero-order valence-electron chi connectivity index (χ0n) is 9.90. The summed E-state index contributed by atoms with van der Waals surface area (Å²) in [6.45, 7) is 7.78. The van der Waals surface area contributed by atoms with E-state index in [0.29, 0.717) is 5.69 Å². The summed E-state index contributed by atoms with van der Waals surface area (Å²) in [5.41, 5.74) is 0.535. The minimum Gasteiger partial charge on any atom is -0.292 e. The summed E-state index contributed by atoms with van der Waals surface area (Å²) in [6.07, 6.45) is 5.39. The molecule has 0 radical (unpaired) electrons. The number of allylic oxidation sites excluding steroid dienone is 2. The van der Waals surface area contributed by atoms with Gasteiger partial charge in [-0.15, -0.1) is 0 Å². The Morgan fingerprint density at radius 1 is 1.40 bits per heavy atom. The van der Waals surface area contributed by atoms with Crippen molar-refractivity contribution in [3.8, 4) is 0 Å². The van der Waals surface area contributed by atoms with Gasteiger partial charge < -0.3 is 0 Å². The van der Waals surface area contributed by atoms with E-state index in [1.807, 2.05) is 45.9 Å². The van der Waals surface area contributed by atoms with E-state index < -0.39 is 0 Å². The fourth-order valence-electron chi connectivity index (χ4n) is 1.12. The molecule has 2 nitrogen and oxygen atoms in total. The quantitative estimate of drug-likeness (QED) is 0.558. The summed E-state index contributed by atoms with van der Waals surface area (Å²) in [5.74, 6) is -0.0152.